The number of carbonyl (C=O) groups is 3. The molecule has 0 saturated carbocycles. The highest BCUT2D eigenvalue weighted by atomic mass is 35.5. The van der Waals surface area contributed by atoms with Gasteiger partial charge in [-0.15, -0.1) is 23.2 Å². The molecular formula is C45H34Cl2N10O11S2. The summed E-state index contributed by atoms with van der Waals surface area (Å²) in [5.41, 5.74) is 2.88. The highest BCUT2D eigenvalue weighted by Gasteiger charge is 2.39. The topological polar surface area (TPSA) is 320 Å². The van der Waals surface area contributed by atoms with E-state index in [4.69, 9.17) is 33.5 Å². The third-order valence-corrected chi connectivity index (χ3v) is 15.1. The number of alkyl halides is 2. The Morgan fingerprint density at radius 2 is 1.00 bits per heavy atom. The number of fused-ring (bicyclic) bond motifs is 8. The standard InChI is InChI=1S/C45H34Cl2N10O11S2/c46-17-23-19-54(39-15-37(56(61)62)31-13-27(69(48,65)66)3-5-29(31)41(23)39)43(58)35-11-21-9-25(1-7-33(21)52-35)50-45(60)51-26-2-8-34-22(10-26)12-36(53-34)44(59)55-20-24(18-47)42-30-6-4-28(70(49,67)68)14-32(30)38(57(63)64)16-40(42)55/h1-16,23-24,52-53H,17-20H2,(H2,48,65,66)(H2,49,67,68)(H2,50,51,60). The maximum absolute atomic E-state index is 14.1. The third kappa shape index (κ3) is 7.86. The predicted octanol–water partition coefficient (Wildman–Crippen LogP) is 7.68. The van der Waals surface area contributed by atoms with Gasteiger partial charge in [0.15, 0.2) is 0 Å². The first kappa shape index (κ1) is 46.1. The molecule has 0 bridgehead atoms. The number of hydrogen-bond donors (Lipinski definition) is 6. The second-order valence-corrected chi connectivity index (χ2v) is 20.5. The van der Waals surface area contributed by atoms with Gasteiger partial charge in [-0.2, -0.15) is 0 Å². The summed E-state index contributed by atoms with van der Waals surface area (Å²) in [6.45, 7) is 0.169. The van der Waals surface area contributed by atoms with Crippen LogP contribution in [0.1, 0.15) is 43.9 Å². The van der Waals surface area contributed by atoms with E-state index >= 15 is 0 Å². The molecular weight excluding hydrogens is 992 g/mol. The van der Waals surface area contributed by atoms with Gasteiger partial charge in [0.25, 0.3) is 23.2 Å². The number of H-pyrrole nitrogens is 2. The van der Waals surface area contributed by atoms with Crippen LogP contribution in [0.4, 0.5) is 38.9 Å². The molecule has 8 N–H and O–H groups in total. The van der Waals surface area contributed by atoms with E-state index in [1.807, 2.05) is 0 Å². The van der Waals surface area contributed by atoms with Crippen molar-refractivity contribution in [1.29, 1.82) is 0 Å². The highest BCUT2D eigenvalue weighted by Crippen LogP contribution is 2.48. The van der Waals surface area contributed by atoms with Crippen LogP contribution in [0, 0.1) is 20.2 Å². The van der Waals surface area contributed by atoms with Crippen LogP contribution in [0.2, 0.25) is 0 Å². The number of nitrogens with zero attached hydrogens (tertiary/aromatic N) is 4. The van der Waals surface area contributed by atoms with Gasteiger partial charge in [0.1, 0.15) is 11.4 Å². The molecule has 21 nitrogen and oxygen atoms in total. The van der Waals surface area contributed by atoms with Crippen molar-refractivity contribution >= 4 is 139 Å². The zero-order chi connectivity index (χ0) is 49.7. The molecule has 2 aliphatic rings. The third-order valence-electron chi connectivity index (χ3n) is 12.5. The Morgan fingerprint density at radius 3 is 1.36 bits per heavy atom. The minimum atomic E-state index is -4.18. The molecule has 0 saturated heterocycles. The smallest absolute Gasteiger partial charge is 0.323 e. The average Bonchev–Trinajstić information content (AvgIpc) is 4.12. The van der Waals surface area contributed by atoms with Crippen LogP contribution in [0.5, 0.6) is 0 Å². The summed E-state index contributed by atoms with van der Waals surface area (Å²) in [5.74, 6) is -1.80. The second-order valence-electron chi connectivity index (χ2n) is 16.8. The molecule has 2 unspecified atom stereocenters. The van der Waals surface area contributed by atoms with Crippen molar-refractivity contribution in [2.24, 2.45) is 10.3 Å². The van der Waals surface area contributed by atoms with Crippen LogP contribution >= 0.6 is 23.2 Å². The number of rotatable bonds is 10. The monoisotopic (exact) mass is 1020 g/mol. The van der Waals surface area contributed by atoms with E-state index in [2.05, 4.69) is 20.6 Å². The number of primary sulfonamides is 2. The lowest BCUT2D eigenvalue weighted by Crippen LogP contribution is -2.30. The van der Waals surface area contributed by atoms with Crippen molar-refractivity contribution in [3.05, 3.63) is 140 Å². The Labute approximate surface area is 404 Å². The summed E-state index contributed by atoms with van der Waals surface area (Å²) < 4.78 is 48.4. The number of aromatic amines is 2. The van der Waals surface area contributed by atoms with E-state index in [0.717, 1.165) is 12.1 Å². The normalized spacial score (nSPS) is 15.7. The van der Waals surface area contributed by atoms with Crippen LogP contribution < -0.4 is 30.7 Å². The molecule has 70 heavy (non-hydrogen) atoms. The fourth-order valence-corrected chi connectivity index (χ4v) is 11.0. The first-order valence-electron chi connectivity index (χ1n) is 20.9. The minimum Gasteiger partial charge on any atom is -0.351 e. The molecule has 0 fully saturated rings. The van der Waals surface area contributed by atoms with E-state index in [9.17, 15) is 51.4 Å². The van der Waals surface area contributed by atoms with Gasteiger partial charge in [-0.05, 0) is 94.7 Å². The van der Waals surface area contributed by atoms with Crippen molar-refractivity contribution in [1.82, 2.24) is 9.97 Å². The van der Waals surface area contributed by atoms with Gasteiger partial charge in [0, 0.05) is 82.0 Å². The number of nitrogens with two attached hydrogens (primary N) is 2. The number of hydrogen-bond acceptors (Lipinski definition) is 11. The van der Waals surface area contributed by atoms with Gasteiger partial charge in [-0.3, -0.25) is 29.8 Å². The first-order valence-corrected chi connectivity index (χ1v) is 25.0. The fourth-order valence-electron chi connectivity index (χ4n) is 9.44. The molecule has 356 valence electrons. The molecule has 8 aromatic rings. The fraction of sp³-hybridized carbons (Fsp3) is 0.133. The number of amides is 4. The van der Waals surface area contributed by atoms with Gasteiger partial charge in [0.05, 0.1) is 41.8 Å². The zero-order valence-corrected chi connectivity index (χ0v) is 38.9. The number of halogens is 2. The van der Waals surface area contributed by atoms with Crippen molar-refractivity contribution in [3.63, 3.8) is 0 Å². The molecule has 25 heteroatoms. The first-order chi connectivity index (χ1) is 33.2. The summed E-state index contributed by atoms with van der Waals surface area (Å²) in [7, 11) is -8.36. The Bertz CT molecular complexity index is 3650. The minimum absolute atomic E-state index is 0.0352. The number of aromatic nitrogens is 2. The SMILES string of the molecule is NS(=O)(=O)c1ccc2c3c(cc([N+](=O)[O-])c2c1)N(C(=O)c1cc2cc(NC(=O)Nc4ccc5[nH]c(C(=O)N6CC(CCl)c7c6cc([N+](=O)[O-])c6cc(S(N)(=O)=O)ccc76)cc5c4)ccc2[nH]1)CC3CCl. The molecule has 0 aliphatic carbocycles. The van der Waals surface area contributed by atoms with Crippen molar-refractivity contribution in [2.75, 3.05) is 45.3 Å². The number of sulfonamides is 2. The molecule has 6 aromatic carbocycles. The largest absolute Gasteiger partial charge is 0.351 e. The van der Waals surface area contributed by atoms with Crippen LogP contribution in [0.25, 0.3) is 43.4 Å². The summed E-state index contributed by atoms with van der Waals surface area (Å²) in [6, 6.07) is 22.4. The van der Waals surface area contributed by atoms with Crippen LogP contribution in [0.3, 0.4) is 0 Å². The lowest BCUT2D eigenvalue weighted by atomic mass is 9.95. The Hall–Kier alpha value is -7.67. The number of urea groups is 1. The highest BCUT2D eigenvalue weighted by molar-refractivity contribution is 7.89. The van der Waals surface area contributed by atoms with E-state index in [1.165, 1.54) is 46.2 Å². The second kappa shape index (κ2) is 16.8. The van der Waals surface area contributed by atoms with E-state index < -0.39 is 70.9 Å². The lowest BCUT2D eigenvalue weighted by molar-refractivity contribution is -0.383. The van der Waals surface area contributed by atoms with Crippen LogP contribution in [-0.2, 0) is 20.0 Å². The number of non-ortho nitro benzene ring substituents is 2. The Kier molecular flexibility index (Phi) is 11.0. The molecule has 10 rings (SSSR count). The quantitative estimate of drug-likeness (QED) is 0.0438. The average molecular weight is 1030 g/mol. The van der Waals surface area contributed by atoms with Gasteiger partial charge in [0.2, 0.25) is 20.0 Å². The van der Waals surface area contributed by atoms with Gasteiger partial charge in [-0.25, -0.2) is 31.9 Å². The van der Waals surface area contributed by atoms with Gasteiger partial charge >= 0.3 is 6.03 Å². The van der Waals surface area contributed by atoms with Crippen molar-refractivity contribution in [3.8, 4) is 0 Å². The summed E-state index contributed by atoms with van der Waals surface area (Å²) >= 11 is 12.7. The van der Waals surface area contributed by atoms with Gasteiger partial charge in [-0.1, -0.05) is 12.1 Å². The summed E-state index contributed by atoms with van der Waals surface area (Å²) in [6.07, 6.45) is 0. The molecule has 2 aliphatic heterocycles. The number of nitrogens with one attached hydrogen (secondary N) is 4. The van der Waals surface area contributed by atoms with Crippen molar-refractivity contribution in [2.45, 2.75) is 21.6 Å². The predicted molar refractivity (Wildman–Crippen MR) is 263 cm³/mol. The molecule has 2 aromatic heterocycles. The number of benzene rings is 6. The maximum Gasteiger partial charge on any atom is 0.323 e. The molecule has 4 heterocycles. The molecule has 4 amide bonds. The number of carbonyl (C=O) groups excluding carboxylic acids is 3. The van der Waals surface area contributed by atoms with E-state index in [-0.39, 0.29) is 68.2 Å². The zero-order valence-electron chi connectivity index (χ0n) is 35.7. The summed E-state index contributed by atoms with van der Waals surface area (Å²) in [5, 5.41) is 42.6. The molecule has 0 spiro atoms. The van der Waals surface area contributed by atoms with E-state index in [1.54, 1.807) is 48.5 Å². The van der Waals surface area contributed by atoms with Crippen LogP contribution in [0.15, 0.2) is 107 Å². The van der Waals surface area contributed by atoms with Crippen LogP contribution in [-0.4, -0.2) is 79.3 Å². The lowest BCUT2D eigenvalue weighted by Gasteiger charge is -2.17. The van der Waals surface area contributed by atoms with Gasteiger partial charge < -0.3 is 30.4 Å². The number of anilines is 4. The Morgan fingerprint density at radius 1 is 0.600 bits per heavy atom. The van der Waals surface area contributed by atoms with E-state index in [0.29, 0.717) is 55.1 Å². The number of nitro groups is 2. The Balaban J connectivity index is 0.864. The molecule has 2 atom stereocenters. The summed E-state index contributed by atoms with van der Waals surface area (Å²) in [4.78, 5) is 73.1. The number of nitro benzene ring substituents is 2. The van der Waals surface area contributed by atoms with Crippen molar-refractivity contribution < 1.29 is 41.1 Å². The molecule has 0 radical (unpaired) electrons. The maximum atomic E-state index is 14.1.